The van der Waals surface area contributed by atoms with Crippen molar-refractivity contribution in [2.45, 2.75) is 70.9 Å². The third kappa shape index (κ3) is 4.12. The first-order chi connectivity index (χ1) is 7.65. The van der Waals surface area contributed by atoms with E-state index in [1.165, 1.54) is 32.1 Å². The Morgan fingerprint density at radius 2 is 2.19 bits per heavy atom. The van der Waals surface area contributed by atoms with E-state index in [0.717, 1.165) is 13.0 Å². The van der Waals surface area contributed by atoms with Gasteiger partial charge in [0.15, 0.2) is 0 Å². The lowest BCUT2D eigenvalue weighted by molar-refractivity contribution is -0.137. The van der Waals surface area contributed by atoms with Crippen molar-refractivity contribution in [3.05, 3.63) is 0 Å². The van der Waals surface area contributed by atoms with Gasteiger partial charge in [-0.3, -0.25) is 9.69 Å². The van der Waals surface area contributed by atoms with Crippen molar-refractivity contribution < 1.29 is 9.90 Å². The molecule has 0 aliphatic carbocycles. The smallest absolute Gasteiger partial charge is 0.303 e. The van der Waals surface area contributed by atoms with Crippen LogP contribution in [0.15, 0.2) is 0 Å². The van der Waals surface area contributed by atoms with Gasteiger partial charge in [0.2, 0.25) is 0 Å². The Labute approximate surface area is 98.8 Å². The molecule has 0 amide bonds. The molecule has 0 radical (unpaired) electrons. The highest BCUT2D eigenvalue weighted by Crippen LogP contribution is 2.22. The summed E-state index contributed by atoms with van der Waals surface area (Å²) in [6, 6.07) is 1.09. The van der Waals surface area contributed by atoms with Crippen molar-refractivity contribution in [1.29, 1.82) is 0 Å². The molecule has 1 rings (SSSR count). The van der Waals surface area contributed by atoms with E-state index in [2.05, 4.69) is 18.7 Å². The van der Waals surface area contributed by atoms with Crippen LogP contribution in [0.1, 0.15) is 58.8 Å². The van der Waals surface area contributed by atoms with Crippen LogP contribution in [0.3, 0.4) is 0 Å². The van der Waals surface area contributed by atoms with Crippen molar-refractivity contribution in [2.75, 3.05) is 6.54 Å². The van der Waals surface area contributed by atoms with Crippen LogP contribution in [0.25, 0.3) is 0 Å². The van der Waals surface area contributed by atoms with Crippen molar-refractivity contribution in [1.82, 2.24) is 4.90 Å². The molecular weight excluding hydrogens is 202 g/mol. The number of carboxylic acid groups (broad SMARTS) is 1. The average Bonchev–Trinajstić information content (AvgIpc) is 2.50. The van der Waals surface area contributed by atoms with Crippen LogP contribution in [-0.2, 0) is 4.79 Å². The number of carboxylic acids is 1. The molecule has 0 spiro atoms. The van der Waals surface area contributed by atoms with E-state index < -0.39 is 5.97 Å². The lowest BCUT2D eigenvalue weighted by atomic mass is 10.0. The molecule has 1 N–H and O–H groups in total. The van der Waals surface area contributed by atoms with Gasteiger partial charge in [-0.2, -0.15) is 0 Å². The van der Waals surface area contributed by atoms with Crippen molar-refractivity contribution in [3.63, 3.8) is 0 Å². The van der Waals surface area contributed by atoms with Crippen LogP contribution in [0.2, 0.25) is 0 Å². The zero-order valence-electron chi connectivity index (χ0n) is 10.6. The van der Waals surface area contributed by atoms with E-state index in [1.807, 2.05) is 0 Å². The maximum atomic E-state index is 10.6. The highest BCUT2D eigenvalue weighted by atomic mass is 16.4. The topological polar surface area (TPSA) is 40.5 Å². The standard InChI is InChI=1S/C13H25NO2/c1-3-12-7-5-4-6-10-14(12)11(2)8-9-13(15)16/h11-12H,3-10H2,1-2H3,(H,15,16). The third-order valence-corrected chi connectivity index (χ3v) is 3.74. The summed E-state index contributed by atoms with van der Waals surface area (Å²) in [5, 5.41) is 8.72. The summed E-state index contributed by atoms with van der Waals surface area (Å²) in [5.74, 6) is -0.672. The van der Waals surface area contributed by atoms with Gasteiger partial charge in [0.1, 0.15) is 0 Å². The van der Waals surface area contributed by atoms with Crippen molar-refractivity contribution >= 4 is 5.97 Å². The molecule has 0 saturated carbocycles. The largest absolute Gasteiger partial charge is 0.481 e. The maximum Gasteiger partial charge on any atom is 0.303 e. The van der Waals surface area contributed by atoms with Gasteiger partial charge in [-0.25, -0.2) is 0 Å². The number of carbonyl (C=O) groups is 1. The van der Waals surface area contributed by atoms with Crippen LogP contribution in [0, 0.1) is 0 Å². The van der Waals surface area contributed by atoms with E-state index >= 15 is 0 Å². The highest BCUT2D eigenvalue weighted by Gasteiger charge is 2.23. The number of likely N-dealkylation sites (tertiary alicyclic amines) is 1. The van der Waals surface area contributed by atoms with Crippen LogP contribution in [-0.4, -0.2) is 34.6 Å². The molecule has 3 nitrogen and oxygen atoms in total. The molecule has 1 saturated heterocycles. The van der Waals surface area contributed by atoms with Gasteiger partial charge < -0.3 is 5.11 Å². The molecule has 0 aromatic carbocycles. The molecule has 2 atom stereocenters. The van der Waals surface area contributed by atoms with E-state index in [9.17, 15) is 4.79 Å². The quantitative estimate of drug-likeness (QED) is 0.785. The van der Waals surface area contributed by atoms with Crippen LogP contribution >= 0.6 is 0 Å². The fourth-order valence-electron chi connectivity index (χ4n) is 2.72. The Bertz CT molecular complexity index is 218. The minimum absolute atomic E-state index is 0.300. The lowest BCUT2D eigenvalue weighted by Crippen LogP contribution is -2.41. The van der Waals surface area contributed by atoms with Gasteiger partial charge >= 0.3 is 5.97 Å². The van der Waals surface area contributed by atoms with Gasteiger partial charge in [0, 0.05) is 18.5 Å². The number of aliphatic carboxylic acids is 1. The Morgan fingerprint density at radius 3 is 2.81 bits per heavy atom. The summed E-state index contributed by atoms with van der Waals surface area (Å²) >= 11 is 0. The average molecular weight is 227 g/mol. The molecule has 16 heavy (non-hydrogen) atoms. The SMILES string of the molecule is CCC1CCCCCN1C(C)CCC(=O)O. The van der Waals surface area contributed by atoms with E-state index in [4.69, 9.17) is 5.11 Å². The van der Waals surface area contributed by atoms with Gasteiger partial charge in [-0.15, -0.1) is 0 Å². The van der Waals surface area contributed by atoms with Gasteiger partial charge in [-0.05, 0) is 39.2 Å². The predicted octanol–water partition coefficient (Wildman–Crippen LogP) is 2.89. The summed E-state index contributed by atoms with van der Waals surface area (Å²) in [7, 11) is 0. The normalized spacial score (nSPS) is 25.0. The summed E-state index contributed by atoms with van der Waals surface area (Å²) in [5.41, 5.74) is 0. The van der Waals surface area contributed by atoms with Crippen LogP contribution in [0.4, 0.5) is 0 Å². The number of hydrogen-bond donors (Lipinski definition) is 1. The van der Waals surface area contributed by atoms with Gasteiger partial charge in [0.05, 0.1) is 0 Å². The third-order valence-electron chi connectivity index (χ3n) is 3.74. The number of rotatable bonds is 5. The molecule has 1 aliphatic rings. The first-order valence-electron chi connectivity index (χ1n) is 6.62. The first kappa shape index (κ1) is 13.5. The molecule has 0 aromatic rings. The van der Waals surface area contributed by atoms with E-state index in [0.29, 0.717) is 18.5 Å². The minimum Gasteiger partial charge on any atom is -0.481 e. The molecule has 2 unspecified atom stereocenters. The second-order valence-electron chi connectivity index (χ2n) is 4.93. The molecular formula is C13H25NO2. The molecule has 94 valence electrons. The Kier molecular flexibility index (Phi) is 5.81. The Morgan fingerprint density at radius 1 is 1.44 bits per heavy atom. The van der Waals surface area contributed by atoms with Crippen LogP contribution < -0.4 is 0 Å². The molecule has 3 heteroatoms. The minimum atomic E-state index is -0.672. The fourth-order valence-corrected chi connectivity index (χ4v) is 2.72. The monoisotopic (exact) mass is 227 g/mol. The molecule has 1 aliphatic heterocycles. The zero-order valence-corrected chi connectivity index (χ0v) is 10.6. The highest BCUT2D eigenvalue weighted by molar-refractivity contribution is 5.66. The van der Waals surface area contributed by atoms with E-state index in [1.54, 1.807) is 0 Å². The summed E-state index contributed by atoms with van der Waals surface area (Å²) in [6.07, 6.45) is 7.50. The summed E-state index contributed by atoms with van der Waals surface area (Å²) in [4.78, 5) is 13.1. The van der Waals surface area contributed by atoms with Gasteiger partial charge in [-0.1, -0.05) is 19.8 Å². The Hall–Kier alpha value is -0.570. The zero-order chi connectivity index (χ0) is 12.0. The Balaban J connectivity index is 2.48. The van der Waals surface area contributed by atoms with Crippen molar-refractivity contribution in [3.8, 4) is 0 Å². The summed E-state index contributed by atoms with van der Waals surface area (Å²) in [6.45, 7) is 5.57. The summed E-state index contributed by atoms with van der Waals surface area (Å²) < 4.78 is 0. The molecule has 0 aromatic heterocycles. The first-order valence-corrected chi connectivity index (χ1v) is 6.62. The molecule has 0 bridgehead atoms. The van der Waals surface area contributed by atoms with Crippen molar-refractivity contribution in [2.24, 2.45) is 0 Å². The van der Waals surface area contributed by atoms with Crippen LogP contribution in [0.5, 0.6) is 0 Å². The fraction of sp³-hybridized carbons (Fsp3) is 0.923. The van der Waals surface area contributed by atoms with Gasteiger partial charge in [0.25, 0.3) is 0 Å². The van der Waals surface area contributed by atoms with E-state index in [-0.39, 0.29) is 0 Å². The second-order valence-corrected chi connectivity index (χ2v) is 4.93. The molecule has 1 fully saturated rings. The maximum absolute atomic E-state index is 10.6. The molecule has 1 heterocycles. The number of hydrogen-bond acceptors (Lipinski definition) is 2. The predicted molar refractivity (Wildman–Crippen MR) is 65.6 cm³/mol. The lowest BCUT2D eigenvalue weighted by Gasteiger charge is -2.34. The second kappa shape index (κ2) is 6.89. The number of nitrogens with zero attached hydrogens (tertiary/aromatic N) is 1.